The topological polar surface area (TPSA) is 41.1 Å². The van der Waals surface area contributed by atoms with Crippen molar-refractivity contribution in [1.29, 1.82) is 0 Å². The van der Waals surface area contributed by atoms with E-state index in [1.54, 1.807) is 6.20 Å². The van der Waals surface area contributed by atoms with Crippen LogP contribution in [0, 0.1) is 0 Å². The Bertz CT molecular complexity index is 330. The molecule has 0 amide bonds. The van der Waals surface area contributed by atoms with Crippen LogP contribution in [0.1, 0.15) is 20.3 Å². The van der Waals surface area contributed by atoms with Crippen molar-refractivity contribution in [3.05, 3.63) is 12.3 Å². The van der Waals surface area contributed by atoms with Crippen LogP contribution in [0.25, 0.3) is 0 Å². The first kappa shape index (κ1) is 14.1. The van der Waals surface area contributed by atoms with Crippen LogP contribution in [-0.2, 0) is 0 Å². The summed E-state index contributed by atoms with van der Waals surface area (Å²) in [6.07, 6.45) is 2.94. The van der Waals surface area contributed by atoms with E-state index in [1.807, 2.05) is 36.8 Å². The molecule has 0 aromatic carbocycles. The van der Waals surface area contributed by atoms with Crippen LogP contribution < -0.4 is 10.2 Å². The first-order valence-corrected chi connectivity index (χ1v) is 7.13. The molecule has 0 saturated heterocycles. The van der Waals surface area contributed by atoms with Gasteiger partial charge in [-0.2, -0.15) is 16.7 Å². The molecule has 17 heavy (non-hydrogen) atoms. The van der Waals surface area contributed by atoms with E-state index in [0.717, 1.165) is 18.2 Å². The highest BCUT2D eigenvalue weighted by atomic mass is 32.2. The minimum absolute atomic E-state index is 0.443. The van der Waals surface area contributed by atoms with Gasteiger partial charge in [-0.1, -0.05) is 6.92 Å². The third kappa shape index (κ3) is 5.26. The minimum atomic E-state index is 0.443. The molecule has 1 heterocycles. The Hall–Kier alpha value is -0.970. The lowest BCUT2D eigenvalue weighted by Gasteiger charge is -2.16. The van der Waals surface area contributed by atoms with Crippen molar-refractivity contribution in [2.75, 3.05) is 35.8 Å². The van der Waals surface area contributed by atoms with Crippen LogP contribution in [0.3, 0.4) is 0 Å². The van der Waals surface area contributed by atoms with Gasteiger partial charge < -0.3 is 10.2 Å². The number of anilines is 2. The number of thioether (sulfide) groups is 1. The smallest absolute Gasteiger partial charge is 0.226 e. The van der Waals surface area contributed by atoms with E-state index in [4.69, 9.17) is 0 Å². The van der Waals surface area contributed by atoms with E-state index < -0.39 is 0 Å². The predicted octanol–water partition coefficient (Wildman–Crippen LogP) is 2.49. The number of nitrogens with zero attached hydrogens (tertiary/aromatic N) is 3. The van der Waals surface area contributed by atoms with E-state index in [2.05, 4.69) is 29.1 Å². The fourth-order valence-corrected chi connectivity index (χ4v) is 2.18. The summed E-state index contributed by atoms with van der Waals surface area (Å²) in [7, 11) is 3.89. The van der Waals surface area contributed by atoms with Crippen molar-refractivity contribution in [2.24, 2.45) is 0 Å². The zero-order chi connectivity index (χ0) is 12.7. The Labute approximate surface area is 108 Å². The van der Waals surface area contributed by atoms with Crippen molar-refractivity contribution < 1.29 is 0 Å². The molecule has 1 rings (SSSR count). The molecule has 4 nitrogen and oxygen atoms in total. The van der Waals surface area contributed by atoms with Crippen LogP contribution >= 0.6 is 11.8 Å². The summed E-state index contributed by atoms with van der Waals surface area (Å²) in [6.45, 7) is 4.38. The summed E-state index contributed by atoms with van der Waals surface area (Å²) in [5.41, 5.74) is 0. The molecule has 1 N–H and O–H groups in total. The van der Waals surface area contributed by atoms with Gasteiger partial charge in [0.1, 0.15) is 5.82 Å². The van der Waals surface area contributed by atoms with Crippen molar-refractivity contribution in [3.63, 3.8) is 0 Å². The Balaban J connectivity index is 2.47. The van der Waals surface area contributed by atoms with Crippen LogP contribution in [0.5, 0.6) is 0 Å². The van der Waals surface area contributed by atoms with E-state index in [-0.39, 0.29) is 0 Å². The summed E-state index contributed by atoms with van der Waals surface area (Å²) in [6, 6.07) is 2.36. The first-order chi connectivity index (χ1) is 8.13. The SMILES string of the molecule is CCSCCC(C)Nc1ccnc(N(C)C)n1. The largest absolute Gasteiger partial charge is 0.367 e. The summed E-state index contributed by atoms with van der Waals surface area (Å²) < 4.78 is 0. The molecule has 0 saturated carbocycles. The second kappa shape index (κ2) is 7.37. The second-order valence-corrected chi connectivity index (χ2v) is 5.56. The molecule has 0 aliphatic carbocycles. The fraction of sp³-hybridized carbons (Fsp3) is 0.667. The number of hydrogen-bond acceptors (Lipinski definition) is 5. The molecule has 1 aromatic rings. The lowest BCUT2D eigenvalue weighted by atomic mass is 10.2. The van der Waals surface area contributed by atoms with Gasteiger partial charge in [0, 0.05) is 26.3 Å². The lowest BCUT2D eigenvalue weighted by Crippen LogP contribution is -2.19. The van der Waals surface area contributed by atoms with Crippen LogP contribution in [0.15, 0.2) is 12.3 Å². The normalized spacial score (nSPS) is 12.2. The zero-order valence-electron chi connectivity index (χ0n) is 11.1. The van der Waals surface area contributed by atoms with Crippen molar-refractivity contribution >= 4 is 23.5 Å². The van der Waals surface area contributed by atoms with Crippen LogP contribution in [-0.4, -0.2) is 41.6 Å². The van der Waals surface area contributed by atoms with E-state index in [1.165, 1.54) is 11.5 Å². The lowest BCUT2D eigenvalue weighted by molar-refractivity contribution is 0.765. The summed E-state index contributed by atoms with van der Waals surface area (Å²) >= 11 is 1.97. The second-order valence-electron chi connectivity index (χ2n) is 4.17. The van der Waals surface area contributed by atoms with Crippen molar-refractivity contribution in [2.45, 2.75) is 26.3 Å². The molecule has 1 atom stereocenters. The Morgan fingerprint density at radius 1 is 1.47 bits per heavy atom. The third-order valence-electron chi connectivity index (χ3n) is 2.34. The molecule has 0 aliphatic heterocycles. The fourth-order valence-electron chi connectivity index (χ4n) is 1.37. The molecule has 0 bridgehead atoms. The van der Waals surface area contributed by atoms with Gasteiger partial charge in [-0.05, 0) is 30.9 Å². The van der Waals surface area contributed by atoms with Gasteiger partial charge in [0.25, 0.3) is 0 Å². The summed E-state index contributed by atoms with van der Waals surface area (Å²) in [4.78, 5) is 10.5. The maximum absolute atomic E-state index is 4.44. The van der Waals surface area contributed by atoms with E-state index >= 15 is 0 Å². The zero-order valence-corrected chi connectivity index (χ0v) is 11.9. The van der Waals surface area contributed by atoms with Gasteiger partial charge in [0.15, 0.2) is 0 Å². The maximum atomic E-state index is 4.44. The predicted molar refractivity (Wildman–Crippen MR) is 77.1 cm³/mol. The van der Waals surface area contributed by atoms with Gasteiger partial charge >= 0.3 is 0 Å². The van der Waals surface area contributed by atoms with E-state index in [9.17, 15) is 0 Å². The summed E-state index contributed by atoms with van der Waals surface area (Å²) in [5.74, 6) is 4.02. The van der Waals surface area contributed by atoms with Gasteiger partial charge in [0.2, 0.25) is 5.95 Å². The number of nitrogens with one attached hydrogen (secondary N) is 1. The van der Waals surface area contributed by atoms with E-state index in [0.29, 0.717) is 6.04 Å². The van der Waals surface area contributed by atoms with Gasteiger partial charge in [0.05, 0.1) is 0 Å². The molecule has 0 fully saturated rings. The highest BCUT2D eigenvalue weighted by molar-refractivity contribution is 7.99. The quantitative estimate of drug-likeness (QED) is 0.757. The molecule has 96 valence electrons. The van der Waals surface area contributed by atoms with Crippen LogP contribution in [0.2, 0.25) is 0 Å². The Morgan fingerprint density at radius 3 is 2.88 bits per heavy atom. The molecule has 0 spiro atoms. The molecule has 0 aliphatic rings. The highest BCUT2D eigenvalue weighted by Gasteiger charge is 2.05. The molecule has 5 heteroatoms. The minimum Gasteiger partial charge on any atom is -0.367 e. The highest BCUT2D eigenvalue weighted by Crippen LogP contribution is 2.11. The number of hydrogen-bond donors (Lipinski definition) is 1. The van der Waals surface area contributed by atoms with Gasteiger partial charge in [-0.25, -0.2) is 4.98 Å². The standard InChI is InChI=1S/C12H22N4S/c1-5-17-9-7-10(2)14-11-6-8-13-12(15-11)16(3)4/h6,8,10H,5,7,9H2,1-4H3,(H,13,14,15). The molecule has 1 unspecified atom stereocenters. The average molecular weight is 254 g/mol. The number of rotatable bonds is 7. The summed E-state index contributed by atoms with van der Waals surface area (Å²) in [5, 5.41) is 3.40. The van der Waals surface area contributed by atoms with Gasteiger partial charge in [-0.3, -0.25) is 0 Å². The van der Waals surface area contributed by atoms with Gasteiger partial charge in [-0.15, -0.1) is 0 Å². The Morgan fingerprint density at radius 2 is 2.24 bits per heavy atom. The average Bonchev–Trinajstić information content (AvgIpc) is 2.29. The maximum Gasteiger partial charge on any atom is 0.226 e. The molecule has 1 aromatic heterocycles. The monoisotopic (exact) mass is 254 g/mol. The van der Waals surface area contributed by atoms with Crippen molar-refractivity contribution in [1.82, 2.24) is 9.97 Å². The van der Waals surface area contributed by atoms with Crippen LogP contribution in [0.4, 0.5) is 11.8 Å². The number of aromatic nitrogens is 2. The molecular weight excluding hydrogens is 232 g/mol. The van der Waals surface area contributed by atoms with Crippen molar-refractivity contribution in [3.8, 4) is 0 Å². The first-order valence-electron chi connectivity index (χ1n) is 5.98. The Kier molecular flexibility index (Phi) is 6.11. The molecular formula is C12H22N4S. The third-order valence-corrected chi connectivity index (χ3v) is 3.27. The molecule has 0 radical (unpaired) electrons.